The molecule has 0 spiro atoms. The molecule has 1 heterocycles. The van der Waals surface area contributed by atoms with Crippen LogP contribution in [0.3, 0.4) is 0 Å². The third-order valence-electron chi connectivity index (χ3n) is 4.02. The fourth-order valence-electron chi connectivity index (χ4n) is 2.48. The monoisotopic (exact) mass is 237 g/mol. The molecule has 0 aromatic carbocycles. The summed E-state index contributed by atoms with van der Waals surface area (Å²) in [6.07, 6.45) is 1.77. The minimum atomic E-state index is -0.748. The van der Waals surface area contributed by atoms with Gasteiger partial charge in [-0.3, -0.25) is 4.79 Å². The Kier molecular flexibility index (Phi) is 2.88. The smallest absolute Gasteiger partial charge is 0.241 e. The highest BCUT2D eigenvalue weighted by atomic mass is 16.3. The van der Waals surface area contributed by atoms with Gasteiger partial charge in [-0.25, -0.2) is 0 Å². The van der Waals surface area contributed by atoms with Crippen LogP contribution < -0.4 is 5.73 Å². The Bertz CT molecular complexity index is 374. The number of aliphatic hydroxyl groups is 1. The molecule has 1 saturated heterocycles. The molecule has 4 atom stereocenters. The molecule has 1 aliphatic carbocycles. The maximum absolute atomic E-state index is 12.3. The maximum atomic E-state index is 12.3. The van der Waals surface area contributed by atoms with E-state index in [1.807, 2.05) is 0 Å². The maximum Gasteiger partial charge on any atom is 0.241 e. The summed E-state index contributed by atoms with van der Waals surface area (Å²) in [6, 6.07) is 1.31. The van der Waals surface area contributed by atoms with Crippen molar-refractivity contribution in [1.29, 1.82) is 5.26 Å². The van der Waals surface area contributed by atoms with Crippen LogP contribution in [0.5, 0.6) is 0 Å². The van der Waals surface area contributed by atoms with Crippen molar-refractivity contribution in [3.8, 4) is 6.07 Å². The molecule has 1 unspecified atom stereocenters. The molecule has 94 valence electrons. The van der Waals surface area contributed by atoms with Gasteiger partial charge in [0.05, 0.1) is 18.7 Å². The predicted molar refractivity (Wildman–Crippen MR) is 61.6 cm³/mol. The lowest BCUT2D eigenvalue weighted by atomic mass is 9.85. The van der Waals surface area contributed by atoms with Crippen LogP contribution in [-0.2, 0) is 4.79 Å². The molecular weight excluding hydrogens is 218 g/mol. The standard InChI is InChI=1S/C12H19N3O2/c1-12(2,6-16)10(14)11(17)15-8(5-13)3-7-4-9(7)15/h7-10,16H,3-4,6,14H2,1-2H3/t7-,8+,9+,10?/m1/s1. The van der Waals surface area contributed by atoms with Crippen molar-refractivity contribution in [3.05, 3.63) is 0 Å². The van der Waals surface area contributed by atoms with Crippen molar-refractivity contribution >= 4 is 5.91 Å². The molecule has 2 rings (SSSR count). The average molecular weight is 237 g/mol. The number of nitriles is 1. The van der Waals surface area contributed by atoms with Gasteiger partial charge in [0.25, 0.3) is 0 Å². The van der Waals surface area contributed by atoms with Crippen LogP contribution in [0.1, 0.15) is 26.7 Å². The van der Waals surface area contributed by atoms with E-state index < -0.39 is 11.5 Å². The quantitative estimate of drug-likeness (QED) is 0.714. The number of carbonyl (C=O) groups is 1. The van der Waals surface area contributed by atoms with Gasteiger partial charge in [-0.1, -0.05) is 13.8 Å². The zero-order chi connectivity index (χ0) is 12.8. The van der Waals surface area contributed by atoms with Gasteiger partial charge in [0, 0.05) is 11.5 Å². The molecule has 1 aliphatic heterocycles. The third-order valence-corrected chi connectivity index (χ3v) is 4.02. The summed E-state index contributed by atoms with van der Waals surface area (Å²) in [5, 5.41) is 18.3. The molecule has 0 aromatic rings. The first-order valence-electron chi connectivity index (χ1n) is 6.00. The van der Waals surface area contributed by atoms with Crippen molar-refractivity contribution in [1.82, 2.24) is 4.90 Å². The second-order valence-electron chi connectivity index (χ2n) is 5.81. The summed E-state index contributed by atoms with van der Waals surface area (Å²) in [6.45, 7) is 3.38. The zero-order valence-corrected chi connectivity index (χ0v) is 10.3. The van der Waals surface area contributed by atoms with Crippen molar-refractivity contribution in [2.45, 2.75) is 44.8 Å². The summed E-state index contributed by atoms with van der Waals surface area (Å²) < 4.78 is 0. The molecule has 5 heteroatoms. The first kappa shape index (κ1) is 12.3. The van der Waals surface area contributed by atoms with E-state index in [9.17, 15) is 9.90 Å². The molecule has 0 aromatic heterocycles. The van der Waals surface area contributed by atoms with Crippen molar-refractivity contribution in [2.24, 2.45) is 17.1 Å². The largest absolute Gasteiger partial charge is 0.396 e. The molecule has 0 radical (unpaired) electrons. The van der Waals surface area contributed by atoms with E-state index in [0.29, 0.717) is 5.92 Å². The van der Waals surface area contributed by atoms with Crippen molar-refractivity contribution in [2.75, 3.05) is 6.61 Å². The molecule has 2 aliphatic rings. The summed E-state index contributed by atoms with van der Waals surface area (Å²) in [5.41, 5.74) is 5.27. The molecular formula is C12H19N3O2. The van der Waals surface area contributed by atoms with Crippen LogP contribution in [0.4, 0.5) is 0 Å². The average Bonchev–Trinajstić information content (AvgIpc) is 2.98. The van der Waals surface area contributed by atoms with Crippen molar-refractivity contribution < 1.29 is 9.90 Å². The van der Waals surface area contributed by atoms with Crippen LogP contribution >= 0.6 is 0 Å². The van der Waals surface area contributed by atoms with Crippen LogP contribution in [0.2, 0.25) is 0 Å². The lowest BCUT2D eigenvalue weighted by Crippen LogP contribution is -2.54. The molecule has 0 bridgehead atoms. The fourth-order valence-corrected chi connectivity index (χ4v) is 2.48. The second-order valence-corrected chi connectivity index (χ2v) is 5.81. The Morgan fingerprint density at radius 2 is 2.29 bits per heavy atom. The highest BCUT2D eigenvalue weighted by Gasteiger charge is 2.55. The van der Waals surface area contributed by atoms with Gasteiger partial charge < -0.3 is 15.7 Å². The van der Waals surface area contributed by atoms with Gasteiger partial charge >= 0.3 is 0 Å². The van der Waals surface area contributed by atoms with Gasteiger partial charge in [0.1, 0.15) is 6.04 Å². The summed E-state index contributed by atoms with van der Waals surface area (Å²) in [7, 11) is 0. The van der Waals surface area contributed by atoms with Gasteiger partial charge in [0.15, 0.2) is 0 Å². The van der Waals surface area contributed by atoms with E-state index in [2.05, 4.69) is 6.07 Å². The number of rotatable bonds is 3. The summed E-state index contributed by atoms with van der Waals surface area (Å²) in [4.78, 5) is 13.9. The number of fused-ring (bicyclic) bond motifs is 1. The van der Waals surface area contributed by atoms with Gasteiger partial charge in [-0.2, -0.15) is 5.26 Å². The van der Waals surface area contributed by atoms with E-state index in [4.69, 9.17) is 11.0 Å². The summed E-state index contributed by atoms with van der Waals surface area (Å²) >= 11 is 0. The molecule has 3 N–H and O–H groups in total. The van der Waals surface area contributed by atoms with E-state index in [-0.39, 0.29) is 24.6 Å². The number of nitrogens with two attached hydrogens (primary N) is 1. The van der Waals surface area contributed by atoms with Gasteiger partial charge in [0.2, 0.25) is 5.91 Å². The highest BCUT2D eigenvalue weighted by molar-refractivity contribution is 5.84. The van der Waals surface area contributed by atoms with E-state index >= 15 is 0 Å². The van der Waals surface area contributed by atoms with Crippen LogP contribution in [0.25, 0.3) is 0 Å². The zero-order valence-electron chi connectivity index (χ0n) is 10.3. The molecule has 1 saturated carbocycles. The number of carbonyl (C=O) groups excluding carboxylic acids is 1. The van der Waals surface area contributed by atoms with Crippen LogP contribution in [0.15, 0.2) is 0 Å². The predicted octanol–water partition coefficient (Wildman–Crippen LogP) is -0.155. The topological polar surface area (TPSA) is 90.3 Å². The molecule has 1 amide bonds. The van der Waals surface area contributed by atoms with Crippen molar-refractivity contribution in [3.63, 3.8) is 0 Å². The first-order valence-corrected chi connectivity index (χ1v) is 6.00. The normalized spacial score (nSPS) is 32.9. The van der Waals surface area contributed by atoms with Crippen LogP contribution in [0, 0.1) is 22.7 Å². The Morgan fingerprint density at radius 3 is 2.82 bits per heavy atom. The lowest BCUT2D eigenvalue weighted by molar-refractivity contribution is -0.137. The Balaban J connectivity index is 2.12. The molecule has 17 heavy (non-hydrogen) atoms. The Hall–Kier alpha value is -1.12. The number of aliphatic hydroxyl groups excluding tert-OH is 1. The number of hydrogen-bond donors (Lipinski definition) is 2. The minimum Gasteiger partial charge on any atom is -0.396 e. The Morgan fingerprint density at radius 1 is 1.65 bits per heavy atom. The first-order chi connectivity index (χ1) is 7.92. The van der Waals surface area contributed by atoms with Crippen LogP contribution in [-0.4, -0.2) is 40.6 Å². The van der Waals surface area contributed by atoms with E-state index in [1.165, 1.54) is 0 Å². The minimum absolute atomic E-state index is 0.140. The van der Waals surface area contributed by atoms with Gasteiger partial charge in [-0.15, -0.1) is 0 Å². The fraction of sp³-hybridized carbons (Fsp3) is 0.833. The molecule has 2 fully saturated rings. The lowest BCUT2D eigenvalue weighted by Gasteiger charge is -2.33. The summed E-state index contributed by atoms with van der Waals surface area (Å²) in [5.74, 6) is 0.300. The number of hydrogen-bond acceptors (Lipinski definition) is 4. The number of amides is 1. The van der Waals surface area contributed by atoms with E-state index in [0.717, 1.165) is 12.8 Å². The number of likely N-dealkylation sites (tertiary alicyclic amines) is 1. The van der Waals surface area contributed by atoms with Gasteiger partial charge in [-0.05, 0) is 18.8 Å². The number of nitrogens with zero attached hydrogens (tertiary/aromatic N) is 2. The molecule has 5 nitrogen and oxygen atoms in total. The highest BCUT2D eigenvalue weighted by Crippen LogP contribution is 2.48. The SMILES string of the molecule is CC(C)(CO)C(N)C(=O)N1[C@H](C#N)C[C@@H]2C[C@@H]21. The Labute approximate surface area is 101 Å². The second kappa shape index (κ2) is 3.97. The van der Waals surface area contributed by atoms with E-state index in [1.54, 1.807) is 18.7 Å². The third kappa shape index (κ3) is 1.92. The number of piperidine rings is 1.